The number of piperazine rings is 1. The number of carbonyl (C=O) groups excluding carboxylic acids is 1. The lowest BCUT2D eigenvalue weighted by Gasteiger charge is -2.34. The summed E-state index contributed by atoms with van der Waals surface area (Å²) in [5.74, 6) is 1.10. The Kier molecular flexibility index (Phi) is 7.25. The molecule has 1 fully saturated rings. The largest absolute Gasteiger partial charge is 0.492 e. The molecule has 0 aliphatic carbocycles. The first kappa shape index (κ1) is 19.4. The first-order chi connectivity index (χ1) is 13.2. The van der Waals surface area contributed by atoms with Crippen LogP contribution < -0.4 is 4.74 Å². The number of para-hydroxylation sites is 1. The van der Waals surface area contributed by atoms with Crippen molar-refractivity contribution in [1.82, 2.24) is 14.7 Å². The van der Waals surface area contributed by atoms with E-state index in [0.29, 0.717) is 19.7 Å². The van der Waals surface area contributed by atoms with Crippen LogP contribution in [0.3, 0.4) is 0 Å². The van der Waals surface area contributed by atoms with Crippen LogP contribution in [0.1, 0.15) is 5.56 Å². The maximum absolute atomic E-state index is 12.5. The lowest BCUT2D eigenvalue weighted by Crippen LogP contribution is -2.50. The Bertz CT molecular complexity index is 685. The van der Waals surface area contributed by atoms with Gasteiger partial charge in [0, 0.05) is 46.3 Å². The fourth-order valence-electron chi connectivity index (χ4n) is 3.24. The first-order valence-corrected chi connectivity index (χ1v) is 9.61. The number of carbonyl (C=O) groups is 1. The van der Waals surface area contributed by atoms with Crippen molar-refractivity contribution in [3.05, 3.63) is 66.2 Å². The minimum absolute atomic E-state index is 0.180. The number of nitrogens with zero attached hydrogens (tertiary/aromatic N) is 3. The third-order valence-corrected chi connectivity index (χ3v) is 4.93. The molecule has 0 unspecified atom stereocenters. The predicted molar refractivity (Wildman–Crippen MR) is 108 cm³/mol. The molecule has 0 radical (unpaired) electrons. The monoisotopic (exact) mass is 367 g/mol. The van der Waals surface area contributed by atoms with Crippen LogP contribution >= 0.6 is 0 Å². The van der Waals surface area contributed by atoms with Gasteiger partial charge in [-0.15, -0.1) is 0 Å². The van der Waals surface area contributed by atoms with Crippen LogP contribution in [0.15, 0.2) is 60.7 Å². The molecule has 1 amide bonds. The Morgan fingerprint density at radius 2 is 1.52 bits per heavy atom. The van der Waals surface area contributed by atoms with Crippen molar-refractivity contribution in [1.29, 1.82) is 0 Å². The second-order valence-corrected chi connectivity index (χ2v) is 7.01. The van der Waals surface area contributed by atoms with Gasteiger partial charge in [0.2, 0.25) is 5.91 Å². The maximum Gasteiger partial charge on any atom is 0.236 e. The molecule has 0 atom stereocenters. The third-order valence-electron chi connectivity index (χ3n) is 4.93. The lowest BCUT2D eigenvalue weighted by molar-refractivity contribution is -0.132. The van der Waals surface area contributed by atoms with E-state index in [9.17, 15) is 4.79 Å². The molecule has 27 heavy (non-hydrogen) atoms. The van der Waals surface area contributed by atoms with E-state index in [2.05, 4.69) is 21.9 Å². The van der Waals surface area contributed by atoms with E-state index in [1.165, 1.54) is 0 Å². The van der Waals surface area contributed by atoms with Gasteiger partial charge in [-0.05, 0) is 17.7 Å². The molecule has 5 heteroatoms. The van der Waals surface area contributed by atoms with E-state index in [-0.39, 0.29) is 5.91 Å². The molecule has 0 bridgehead atoms. The van der Waals surface area contributed by atoms with Gasteiger partial charge in [-0.1, -0.05) is 48.5 Å². The van der Waals surface area contributed by atoms with Gasteiger partial charge in [-0.25, -0.2) is 0 Å². The SMILES string of the molecule is CN(Cc1ccccc1)C(=O)CN1CCN(CCOc2ccccc2)CC1. The van der Waals surface area contributed by atoms with E-state index in [1.807, 2.05) is 60.5 Å². The van der Waals surface area contributed by atoms with Gasteiger partial charge in [0.15, 0.2) is 0 Å². The molecule has 3 rings (SSSR count). The van der Waals surface area contributed by atoms with E-state index in [1.54, 1.807) is 0 Å². The number of likely N-dealkylation sites (N-methyl/N-ethyl adjacent to an activating group) is 1. The second-order valence-electron chi connectivity index (χ2n) is 7.01. The smallest absolute Gasteiger partial charge is 0.236 e. The van der Waals surface area contributed by atoms with Gasteiger partial charge in [0.1, 0.15) is 12.4 Å². The topological polar surface area (TPSA) is 36.0 Å². The molecule has 2 aromatic carbocycles. The van der Waals surface area contributed by atoms with Crippen molar-refractivity contribution in [3.8, 4) is 5.75 Å². The summed E-state index contributed by atoms with van der Waals surface area (Å²) in [6.45, 7) is 6.59. The highest BCUT2D eigenvalue weighted by molar-refractivity contribution is 5.78. The summed E-state index contributed by atoms with van der Waals surface area (Å²) in [7, 11) is 1.88. The van der Waals surface area contributed by atoms with Crippen LogP contribution in [0.2, 0.25) is 0 Å². The summed E-state index contributed by atoms with van der Waals surface area (Å²) in [5.41, 5.74) is 1.16. The average Bonchev–Trinajstić information content (AvgIpc) is 2.71. The fourth-order valence-corrected chi connectivity index (χ4v) is 3.24. The highest BCUT2D eigenvalue weighted by Gasteiger charge is 2.20. The zero-order chi connectivity index (χ0) is 18.9. The summed E-state index contributed by atoms with van der Waals surface area (Å²) >= 11 is 0. The van der Waals surface area contributed by atoms with Crippen molar-refractivity contribution in [2.45, 2.75) is 6.54 Å². The third kappa shape index (κ3) is 6.38. The summed E-state index contributed by atoms with van der Waals surface area (Å²) in [6.07, 6.45) is 0. The standard InChI is InChI=1S/C22H29N3O2/c1-23(18-20-8-4-2-5-9-20)22(26)19-25-14-12-24(13-15-25)16-17-27-21-10-6-3-7-11-21/h2-11H,12-19H2,1H3. The van der Waals surface area contributed by atoms with E-state index in [0.717, 1.165) is 44.0 Å². The minimum Gasteiger partial charge on any atom is -0.492 e. The highest BCUT2D eigenvalue weighted by atomic mass is 16.5. The van der Waals surface area contributed by atoms with Gasteiger partial charge in [-0.3, -0.25) is 14.6 Å². The van der Waals surface area contributed by atoms with Gasteiger partial charge in [0.05, 0.1) is 6.54 Å². The molecule has 0 spiro atoms. The summed E-state index contributed by atoms with van der Waals surface area (Å²) in [4.78, 5) is 18.9. The molecule has 2 aromatic rings. The maximum atomic E-state index is 12.5. The van der Waals surface area contributed by atoms with Crippen molar-refractivity contribution in [3.63, 3.8) is 0 Å². The minimum atomic E-state index is 0.180. The van der Waals surface area contributed by atoms with E-state index in [4.69, 9.17) is 4.74 Å². The Morgan fingerprint density at radius 1 is 0.926 bits per heavy atom. The fraction of sp³-hybridized carbons (Fsp3) is 0.409. The summed E-state index contributed by atoms with van der Waals surface area (Å²) < 4.78 is 5.77. The molecule has 1 saturated heterocycles. The van der Waals surface area contributed by atoms with E-state index < -0.39 is 0 Å². The number of benzene rings is 2. The van der Waals surface area contributed by atoms with Crippen molar-refractivity contribution < 1.29 is 9.53 Å². The average molecular weight is 367 g/mol. The first-order valence-electron chi connectivity index (χ1n) is 9.61. The van der Waals surface area contributed by atoms with Gasteiger partial charge >= 0.3 is 0 Å². The molecular formula is C22H29N3O2. The van der Waals surface area contributed by atoms with Crippen LogP contribution in [0.4, 0.5) is 0 Å². The zero-order valence-corrected chi connectivity index (χ0v) is 16.1. The van der Waals surface area contributed by atoms with Crippen molar-refractivity contribution in [2.75, 3.05) is 52.9 Å². The Hall–Kier alpha value is -2.37. The molecule has 0 N–H and O–H groups in total. The van der Waals surface area contributed by atoms with Crippen LogP contribution in [0, 0.1) is 0 Å². The van der Waals surface area contributed by atoms with Crippen LogP contribution in [0.5, 0.6) is 5.75 Å². The molecule has 1 aliphatic heterocycles. The normalized spacial score (nSPS) is 15.4. The second kappa shape index (κ2) is 10.1. The number of ether oxygens (including phenoxy) is 1. The summed E-state index contributed by atoms with van der Waals surface area (Å²) in [5, 5.41) is 0. The van der Waals surface area contributed by atoms with Crippen molar-refractivity contribution in [2.24, 2.45) is 0 Å². The molecule has 1 heterocycles. The van der Waals surface area contributed by atoms with Crippen LogP contribution in [0.25, 0.3) is 0 Å². The van der Waals surface area contributed by atoms with Crippen LogP contribution in [-0.4, -0.2) is 73.5 Å². The summed E-state index contributed by atoms with van der Waals surface area (Å²) in [6, 6.07) is 20.0. The zero-order valence-electron chi connectivity index (χ0n) is 16.1. The van der Waals surface area contributed by atoms with Gasteiger partial charge in [0.25, 0.3) is 0 Å². The Labute approximate surface area is 162 Å². The Morgan fingerprint density at radius 3 is 2.19 bits per heavy atom. The molecule has 0 aromatic heterocycles. The Balaban J connectivity index is 1.33. The predicted octanol–water partition coefficient (Wildman–Crippen LogP) is 2.34. The number of hydrogen-bond donors (Lipinski definition) is 0. The van der Waals surface area contributed by atoms with Crippen molar-refractivity contribution >= 4 is 5.91 Å². The molecule has 5 nitrogen and oxygen atoms in total. The highest BCUT2D eigenvalue weighted by Crippen LogP contribution is 2.09. The quantitative estimate of drug-likeness (QED) is 0.718. The number of rotatable bonds is 8. The number of hydrogen-bond acceptors (Lipinski definition) is 4. The molecule has 1 aliphatic rings. The van der Waals surface area contributed by atoms with Gasteiger partial charge in [-0.2, -0.15) is 0 Å². The number of amides is 1. The molecule has 0 saturated carbocycles. The van der Waals surface area contributed by atoms with Gasteiger partial charge < -0.3 is 9.64 Å². The van der Waals surface area contributed by atoms with E-state index >= 15 is 0 Å². The molecular weight excluding hydrogens is 338 g/mol. The molecule has 144 valence electrons. The lowest BCUT2D eigenvalue weighted by atomic mass is 10.2. The van der Waals surface area contributed by atoms with Crippen LogP contribution in [-0.2, 0) is 11.3 Å².